The Labute approximate surface area is 156 Å². The van der Waals surface area contributed by atoms with Gasteiger partial charge in [-0.2, -0.15) is 0 Å². The topological polar surface area (TPSA) is 50.4 Å². The van der Waals surface area contributed by atoms with Crippen LogP contribution in [0.2, 0.25) is 10.0 Å². The molecule has 0 saturated heterocycles. The molecule has 0 radical (unpaired) electrons. The molecule has 0 saturated carbocycles. The van der Waals surface area contributed by atoms with Crippen molar-refractivity contribution in [2.24, 2.45) is 0 Å². The van der Waals surface area contributed by atoms with E-state index < -0.39 is 0 Å². The SMILES string of the molecule is O=C(CCCOc1ccc(Cl)cc1)NC(=S)Nc1cccc(Cl)c1. The predicted molar refractivity (Wildman–Crippen MR) is 102 cm³/mol. The molecule has 0 atom stereocenters. The zero-order valence-corrected chi connectivity index (χ0v) is 15.0. The van der Waals surface area contributed by atoms with Gasteiger partial charge in [-0.05, 0) is 61.1 Å². The van der Waals surface area contributed by atoms with Gasteiger partial charge in [-0.1, -0.05) is 29.3 Å². The summed E-state index contributed by atoms with van der Waals surface area (Å²) in [5, 5.41) is 7.01. The van der Waals surface area contributed by atoms with E-state index in [1.807, 2.05) is 6.07 Å². The summed E-state index contributed by atoms with van der Waals surface area (Å²) in [6.45, 7) is 0.434. The van der Waals surface area contributed by atoms with Crippen molar-refractivity contribution in [3.05, 3.63) is 58.6 Å². The highest BCUT2D eigenvalue weighted by atomic mass is 35.5. The molecule has 0 aliphatic carbocycles. The second-order valence-electron chi connectivity index (χ2n) is 4.92. The maximum Gasteiger partial charge on any atom is 0.226 e. The van der Waals surface area contributed by atoms with Crippen LogP contribution in [0.25, 0.3) is 0 Å². The highest BCUT2D eigenvalue weighted by Crippen LogP contribution is 2.16. The predicted octanol–water partition coefficient (Wildman–Crippen LogP) is 4.67. The van der Waals surface area contributed by atoms with Crippen LogP contribution in [0.4, 0.5) is 5.69 Å². The second kappa shape index (κ2) is 9.47. The number of rotatable bonds is 6. The molecule has 1 amide bonds. The zero-order valence-electron chi connectivity index (χ0n) is 12.7. The van der Waals surface area contributed by atoms with E-state index in [2.05, 4.69) is 10.6 Å². The summed E-state index contributed by atoms with van der Waals surface area (Å²) in [5.74, 6) is 0.548. The quantitative estimate of drug-likeness (QED) is 0.563. The van der Waals surface area contributed by atoms with E-state index in [0.29, 0.717) is 29.5 Å². The Morgan fingerprint density at radius 3 is 2.54 bits per heavy atom. The molecule has 0 spiro atoms. The summed E-state index contributed by atoms with van der Waals surface area (Å²) in [6, 6.07) is 14.2. The van der Waals surface area contributed by atoms with Crippen molar-refractivity contribution >= 4 is 52.1 Å². The molecule has 2 rings (SSSR count). The van der Waals surface area contributed by atoms with Crippen molar-refractivity contribution < 1.29 is 9.53 Å². The van der Waals surface area contributed by atoms with Gasteiger partial charge in [0.05, 0.1) is 6.61 Å². The molecule has 0 bridgehead atoms. The molecule has 24 heavy (non-hydrogen) atoms. The molecule has 2 aromatic rings. The summed E-state index contributed by atoms with van der Waals surface area (Å²) in [6.07, 6.45) is 0.888. The fourth-order valence-corrected chi connectivity index (χ4v) is 2.42. The lowest BCUT2D eigenvalue weighted by Gasteiger charge is -2.10. The average Bonchev–Trinajstić information content (AvgIpc) is 2.53. The Kier molecular flexibility index (Phi) is 7.31. The van der Waals surface area contributed by atoms with Gasteiger partial charge in [0.2, 0.25) is 5.91 Å². The van der Waals surface area contributed by atoms with Gasteiger partial charge in [0, 0.05) is 22.2 Å². The number of amides is 1. The number of carbonyl (C=O) groups is 1. The van der Waals surface area contributed by atoms with Gasteiger partial charge in [-0.3, -0.25) is 4.79 Å². The van der Waals surface area contributed by atoms with E-state index in [9.17, 15) is 4.79 Å². The lowest BCUT2D eigenvalue weighted by atomic mass is 10.3. The van der Waals surface area contributed by atoms with E-state index in [1.54, 1.807) is 42.5 Å². The number of anilines is 1. The van der Waals surface area contributed by atoms with Crippen molar-refractivity contribution in [1.82, 2.24) is 5.32 Å². The molecular formula is C17H16Cl2N2O2S. The van der Waals surface area contributed by atoms with Gasteiger partial charge in [0.1, 0.15) is 5.75 Å². The molecule has 2 N–H and O–H groups in total. The van der Waals surface area contributed by atoms with Crippen molar-refractivity contribution in [3.63, 3.8) is 0 Å². The molecule has 4 nitrogen and oxygen atoms in total. The Morgan fingerprint density at radius 2 is 1.83 bits per heavy atom. The Hall–Kier alpha value is -1.82. The normalized spacial score (nSPS) is 10.1. The summed E-state index contributed by atoms with van der Waals surface area (Å²) in [5.41, 5.74) is 0.721. The van der Waals surface area contributed by atoms with Gasteiger partial charge in [-0.15, -0.1) is 0 Å². The number of thiocarbonyl (C=S) groups is 1. The van der Waals surface area contributed by atoms with Crippen molar-refractivity contribution in [1.29, 1.82) is 0 Å². The third-order valence-corrected chi connectivity index (χ3v) is 3.66. The molecule has 0 unspecified atom stereocenters. The minimum Gasteiger partial charge on any atom is -0.494 e. The minimum atomic E-state index is -0.172. The Balaban J connectivity index is 1.65. The number of hydrogen-bond acceptors (Lipinski definition) is 3. The largest absolute Gasteiger partial charge is 0.494 e. The van der Waals surface area contributed by atoms with Gasteiger partial charge >= 0.3 is 0 Å². The fourth-order valence-electron chi connectivity index (χ4n) is 1.87. The van der Waals surface area contributed by atoms with E-state index in [0.717, 1.165) is 11.4 Å². The van der Waals surface area contributed by atoms with Crippen LogP contribution in [0.15, 0.2) is 48.5 Å². The number of carbonyl (C=O) groups excluding carboxylic acids is 1. The molecule has 0 aliphatic heterocycles. The van der Waals surface area contributed by atoms with E-state index >= 15 is 0 Å². The number of hydrogen-bond donors (Lipinski definition) is 2. The van der Waals surface area contributed by atoms with E-state index in [4.69, 9.17) is 40.2 Å². The molecule has 7 heteroatoms. The van der Waals surface area contributed by atoms with Crippen molar-refractivity contribution in [3.8, 4) is 5.75 Å². The fraction of sp³-hybridized carbons (Fsp3) is 0.176. The Morgan fingerprint density at radius 1 is 1.08 bits per heavy atom. The van der Waals surface area contributed by atoms with Crippen LogP contribution in [0.3, 0.4) is 0 Å². The van der Waals surface area contributed by atoms with Crippen LogP contribution < -0.4 is 15.4 Å². The first-order valence-electron chi connectivity index (χ1n) is 7.28. The third-order valence-electron chi connectivity index (χ3n) is 2.97. The molecule has 2 aromatic carbocycles. The average molecular weight is 383 g/mol. The highest BCUT2D eigenvalue weighted by Gasteiger charge is 2.05. The summed E-state index contributed by atoms with van der Waals surface area (Å²) < 4.78 is 5.52. The van der Waals surface area contributed by atoms with Gasteiger partial charge in [0.15, 0.2) is 5.11 Å². The lowest BCUT2D eigenvalue weighted by molar-refractivity contribution is -0.119. The van der Waals surface area contributed by atoms with Gasteiger partial charge < -0.3 is 15.4 Å². The minimum absolute atomic E-state index is 0.172. The van der Waals surface area contributed by atoms with Crippen LogP contribution in [0.5, 0.6) is 5.75 Å². The molecular weight excluding hydrogens is 367 g/mol. The van der Waals surface area contributed by atoms with Crippen LogP contribution in [-0.2, 0) is 4.79 Å². The lowest BCUT2D eigenvalue weighted by Crippen LogP contribution is -2.34. The molecule has 0 aliphatic rings. The van der Waals surface area contributed by atoms with Gasteiger partial charge in [-0.25, -0.2) is 0 Å². The summed E-state index contributed by atoms with van der Waals surface area (Å²) in [7, 11) is 0. The summed E-state index contributed by atoms with van der Waals surface area (Å²) >= 11 is 16.8. The number of ether oxygens (including phenoxy) is 1. The van der Waals surface area contributed by atoms with E-state index in [-0.39, 0.29) is 11.0 Å². The molecule has 0 aromatic heterocycles. The first-order valence-corrected chi connectivity index (χ1v) is 8.44. The monoisotopic (exact) mass is 382 g/mol. The second-order valence-corrected chi connectivity index (χ2v) is 6.20. The Bertz CT molecular complexity index is 708. The highest BCUT2D eigenvalue weighted by molar-refractivity contribution is 7.80. The maximum absolute atomic E-state index is 11.8. The standard InChI is InChI=1S/C17H16Cl2N2O2S/c18-12-6-8-15(9-7-12)23-10-2-5-16(22)21-17(24)20-14-4-1-3-13(19)11-14/h1,3-4,6-9,11H,2,5,10H2,(H2,20,21,22,24). The van der Waals surface area contributed by atoms with Crippen LogP contribution in [0, 0.1) is 0 Å². The smallest absolute Gasteiger partial charge is 0.226 e. The van der Waals surface area contributed by atoms with E-state index in [1.165, 1.54) is 0 Å². The van der Waals surface area contributed by atoms with Crippen LogP contribution in [0.1, 0.15) is 12.8 Å². The zero-order chi connectivity index (χ0) is 17.4. The molecule has 0 fully saturated rings. The first kappa shape index (κ1) is 18.5. The maximum atomic E-state index is 11.8. The van der Waals surface area contributed by atoms with Crippen molar-refractivity contribution in [2.75, 3.05) is 11.9 Å². The summed E-state index contributed by atoms with van der Waals surface area (Å²) in [4.78, 5) is 11.8. The van der Waals surface area contributed by atoms with Crippen LogP contribution in [-0.4, -0.2) is 17.6 Å². The number of benzene rings is 2. The van der Waals surface area contributed by atoms with Crippen molar-refractivity contribution in [2.45, 2.75) is 12.8 Å². The molecule has 0 heterocycles. The number of nitrogens with one attached hydrogen (secondary N) is 2. The first-order chi connectivity index (χ1) is 11.5. The molecule has 126 valence electrons. The van der Waals surface area contributed by atoms with Crippen LogP contribution >= 0.6 is 35.4 Å². The van der Waals surface area contributed by atoms with Gasteiger partial charge in [0.25, 0.3) is 0 Å². The third kappa shape index (κ3) is 6.74. The number of halogens is 2.